The van der Waals surface area contributed by atoms with Crippen molar-refractivity contribution in [2.45, 2.75) is 13.0 Å². The predicted octanol–water partition coefficient (Wildman–Crippen LogP) is 4.00. The Balaban J connectivity index is 2.15. The molecule has 2 aromatic carbocycles. The van der Waals surface area contributed by atoms with Gasteiger partial charge in [-0.3, -0.25) is 10.1 Å². The van der Waals surface area contributed by atoms with Crippen LogP contribution in [0.15, 0.2) is 42.5 Å². The van der Waals surface area contributed by atoms with Gasteiger partial charge in [0.1, 0.15) is 5.69 Å². The predicted molar refractivity (Wildman–Crippen MR) is 81.0 cm³/mol. The first kappa shape index (κ1) is 14.1. The van der Waals surface area contributed by atoms with E-state index in [1.54, 1.807) is 12.1 Å². The molecule has 5 nitrogen and oxygen atoms in total. The van der Waals surface area contributed by atoms with Crippen LogP contribution in [0, 0.1) is 10.1 Å². The van der Waals surface area contributed by atoms with Gasteiger partial charge in [-0.05, 0) is 36.8 Å². The highest BCUT2D eigenvalue weighted by Crippen LogP contribution is 2.27. The summed E-state index contributed by atoms with van der Waals surface area (Å²) in [6, 6.07) is 12.1. The molecule has 0 saturated carbocycles. The molecule has 2 aromatic rings. The van der Waals surface area contributed by atoms with Crippen LogP contribution in [0.5, 0.6) is 0 Å². The van der Waals surface area contributed by atoms with Gasteiger partial charge in [0.05, 0.1) is 4.92 Å². The molecular formula is C14H14ClN3O2. The van der Waals surface area contributed by atoms with Crippen molar-refractivity contribution in [3.8, 4) is 0 Å². The molecule has 2 rings (SSSR count). The van der Waals surface area contributed by atoms with Gasteiger partial charge < -0.3 is 11.1 Å². The van der Waals surface area contributed by atoms with Gasteiger partial charge in [0, 0.05) is 22.8 Å². The van der Waals surface area contributed by atoms with Crippen LogP contribution >= 0.6 is 11.6 Å². The summed E-state index contributed by atoms with van der Waals surface area (Å²) in [5.41, 5.74) is 7.50. The van der Waals surface area contributed by atoms with Crippen LogP contribution < -0.4 is 11.1 Å². The van der Waals surface area contributed by atoms with Crippen molar-refractivity contribution in [1.82, 2.24) is 0 Å². The zero-order valence-electron chi connectivity index (χ0n) is 10.8. The second-order valence-electron chi connectivity index (χ2n) is 4.45. The average molecular weight is 292 g/mol. The van der Waals surface area contributed by atoms with Crippen LogP contribution in [-0.4, -0.2) is 4.92 Å². The highest BCUT2D eigenvalue weighted by atomic mass is 35.5. The van der Waals surface area contributed by atoms with Crippen molar-refractivity contribution in [2.24, 2.45) is 0 Å². The van der Waals surface area contributed by atoms with E-state index in [-0.39, 0.29) is 17.4 Å². The van der Waals surface area contributed by atoms with E-state index in [1.165, 1.54) is 6.07 Å². The fraction of sp³-hybridized carbons (Fsp3) is 0.143. The Morgan fingerprint density at radius 1 is 1.25 bits per heavy atom. The number of hydrogen-bond donors (Lipinski definition) is 2. The zero-order chi connectivity index (χ0) is 14.7. The Hall–Kier alpha value is -2.27. The van der Waals surface area contributed by atoms with Gasteiger partial charge >= 0.3 is 0 Å². The molecule has 6 heteroatoms. The van der Waals surface area contributed by atoms with E-state index in [0.717, 1.165) is 11.3 Å². The van der Waals surface area contributed by atoms with Crippen LogP contribution in [0.1, 0.15) is 18.5 Å². The molecule has 0 spiro atoms. The lowest BCUT2D eigenvalue weighted by Crippen LogP contribution is -2.07. The Morgan fingerprint density at radius 2 is 1.90 bits per heavy atom. The summed E-state index contributed by atoms with van der Waals surface area (Å²) in [7, 11) is 0. The molecule has 20 heavy (non-hydrogen) atoms. The van der Waals surface area contributed by atoms with Gasteiger partial charge in [-0.15, -0.1) is 0 Å². The van der Waals surface area contributed by atoms with Gasteiger partial charge in [0.15, 0.2) is 0 Å². The SMILES string of the molecule is CC(Nc1ccc([N+](=O)[O-])c(N)c1)c1ccc(Cl)cc1. The second-order valence-corrected chi connectivity index (χ2v) is 4.88. The molecule has 1 unspecified atom stereocenters. The lowest BCUT2D eigenvalue weighted by molar-refractivity contribution is -0.383. The molecule has 0 aromatic heterocycles. The Morgan fingerprint density at radius 3 is 2.45 bits per heavy atom. The fourth-order valence-electron chi connectivity index (χ4n) is 1.90. The number of anilines is 2. The molecule has 104 valence electrons. The number of benzene rings is 2. The molecule has 0 radical (unpaired) electrons. The average Bonchev–Trinajstić information content (AvgIpc) is 2.39. The monoisotopic (exact) mass is 291 g/mol. The standard InChI is InChI=1S/C14H14ClN3O2/c1-9(10-2-4-11(15)5-3-10)17-12-6-7-14(18(19)20)13(16)8-12/h2-9,17H,16H2,1H3. The summed E-state index contributed by atoms with van der Waals surface area (Å²) in [6.07, 6.45) is 0. The summed E-state index contributed by atoms with van der Waals surface area (Å²) >= 11 is 5.84. The first-order chi connectivity index (χ1) is 9.47. The van der Waals surface area contributed by atoms with Crippen molar-refractivity contribution in [2.75, 3.05) is 11.1 Å². The van der Waals surface area contributed by atoms with Crippen LogP contribution in [0.3, 0.4) is 0 Å². The Kier molecular flexibility index (Phi) is 4.10. The van der Waals surface area contributed by atoms with E-state index >= 15 is 0 Å². The molecule has 0 aliphatic rings. The molecule has 3 N–H and O–H groups in total. The van der Waals surface area contributed by atoms with E-state index in [2.05, 4.69) is 5.32 Å². The number of nitrogens with one attached hydrogen (secondary N) is 1. The summed E-state index contributed by atoms with van der Waals surface area (Å²) in [5.74, 6) is 0. The van der Waals surface area contributed by atoms with E-state index in [0.29, 0.717) is 5.02 Å². The number of rotatable bonds is 4. The maximum Gasteiger partial charge on any atom is 0.292 e. The highest BCUT2D eigenvalue weighted by Gasteiger charge is 2.12. The quantitative estimate of drug-likeness (QED) is 0.507. The minimum absolute atomic E-state index is 0.0353. The zero-order valence-corrected chi connectivity index (χ0v) is 11.6. The molecule has 0 fully saturated rings. The molecule has 0 bridgehead atoms. The van der Waals surface area contributed by atoms with Gasteiger partial charge in [-0.2, -0.15) is 0 Å². The smallest absolute Gasteiger partial charge is 0.292 e. The van der Waals surface area contributed by atoms with E-state index in [4.69, 9.17) is 17.3 Å². The van der Waals surface area contributed by atoms with Crippen molar-refractivity contribution < 1.29 is 4.92 Å². The van der Waals surface area contributed by atoms with Gasteiger partial charge in [-0.25, -0.2) is 0 Å². The van der Waals surface area contributed by atoms with E-state index in [9.17, 15) is 10.1 Å². The molecule has 0 amide bonds. The summed E-state index contributed by atoms with van der Waals surface area (Å²) in [4.78, 5) is 10.2. The van der Waals surface area contributed by atoms with Crippen molar-refractivity contribution in [3.05, 3.63) is 63.2 Å². The van der Waals surface area contributed by atoms with Crippen LogP contribution in [0.2, 0.25) is 5.02 Å². The molecule has 0 aliphatic carbocycles. The first-order valence-corrected chi connectivity index (χ1v) is 6.41. The molecular weight excluding hydrogens is 278 g/mol. The number of nitrogens with two attached hydrogens (primary N) is 1. The van der Waals surface area contributed by atoms with E-state index < -0.39 is 4.92 Å². The minimum Gasteiger partial charge on any atom is -0.393 e. The van der Waals surface area contributed by atoms with E-state index in [1.807, 2.05) is 31.2 Å². The topological polar surface area (TPSA) is 81.2 Å². The summed E-state index contributed by atoms with van der Waals surface area (Å²) in [6.45, 7) is 1.99. The normalized spacial score (nSPS) is 11.9. The molecule has 0 saturated heterocycles. The lowest BCUT2D eigenvalue weighted by Gasteiger charge is -2.16. The Labute approximate surface area is 121 Å². The maximum absolute atomic E-state index is 10.7. The van der Waals surface area contributed by atoms with Gasteiger partial charge in [0.25, 0.3) is 5.69 Å². The highest BCUT2D eigenvalue weighted by molar-refractivity contribution is 6.30. The summed E-state index contributed by atoms with van der Waals surface area (Å²) < 4.78 is 0. The Bertz CT molecular complexity index is 629. The largest absolute Gasteiger partial charge is 0.393 e. The van der Waals surface area contributed by atoms with Crippen LogP contribution in [0.4, 0.5) is 17.1 Å². The fourth-order valence-corrected chi connectivity index (χ4v) is 2.02. The molecule has 1 atom stereocenters. The van der Waals surface area contributed by atoms with Crippen molar-refractivity contribution >= 4 is 28.7 Å². The van der Waals surface area contributed by atoms with Crippen LogP contribution in [0.25, 0.3) is 0 Å². The number of hydrogen-bond acceptors (Lipinski definition) is 4. The minimum atomic E-state index is -0.498. The number of nitrogens with zero attached hydrogens (tertiary/aromatic N) is 1. The number of nitro benzene ring substituents is 1. The third-order valence-electron chi connectivity index (χ3n) is 2.98. The van der Waals surface area contributed by atoms with Gasteiger partial charge in [-0.1, -0.05) is 23.7 Å². The maximum atomic E-state index is 10.7. The first-order valence-electron chi connectivity index (χ1n) is 6.03. The lowest BCUT2D eigenvalue weighted by atomic mass is 10.1. The molecule has 0 heterocycles. The van der Waals surface area contributed by atoms with Crippen LogP contribution in [-0.2, 0) is 0 Å². The summed E-state index contributed by atoms with van der Waals surface area (Å²) in [5, 5.41) is 14.6. The molecule has 0 aliphatic heterocycles. The second kappa shape index (κ2) is 5.79. The number of nitrogen functional groups attached to an aromatic ring is 1. The number of halogens is 1. The number of nitro groups is 1. The van der Waals surface area contributed by atoms with Crippen molar-refractivity contribution in [3.63, 3.8) is 0 Å². The van der Waals surface area contributed by atoms with Gasteiger partial charge in [0.2, 0.25) is 0 Å². The third kappa shape index (κ3) is 3.19. The third-order valence-corrected chi connectivity index (χ3v) is 3.23. The van der Waals surface area contributed by atoms with Crippen molar-refractivity contribution in [1.29, 1.82) is 0 Å².